The Morgan fingerprint density at radius 3 is 2.53 bits per heavy atom. The van der Waals surface area contributed by atoms with Crippen molar-refractivity contribution < 1.29 is 5.11 Å². The van der Waals surface area contributed by atoms with Crippen molar-refractivity contribution in [3.8, 4) is 0 Å². The van der Waals surface area contributed by atoms with Gasteiger partial charge in [0.05, 0.1) is 0 Å². The summed E-state index contributed by atoms with van der Waals surface area (Å²) >= 11 is 0. The molecule has 0 aromatic heterocycles. The number of halogens is 1. The van der Waals surface area contributed by atoms with Crippen molar-refractivity contribution in [1.82, 2.24) is 5.32 Å². The van der Waals surface area contributed by atoms with Gasteiger partial charge in [-0.2, -0.15) is 0 Å². The lowest BCUT2D eigenvalue weighted by molar-refractivity contribution is 0.282. The fourth-order valence-corrected chi connectivity index (χ4v) is 1.77. The number of nitrogens with one attached hydrogen (secondary N) is 1. The number of hydrogen-bond donors (Lipinski definition) is 3. The Hall–Kier alpha value is -0.0400. The number of rotatable bonds is 8. The normalized spacial score (nSPS) is 16.2. The van der Waals surface area contributed by atoms with Crippen LogP contribution in [-0.2, 0) is 0 Å². The van der Waals surface area contributed by atoms with E-state index in [0.717, 1.165) is 44.7 Å². The molecule has 5 heteroatoms. The Balaban J connectivity index is 0.00000256. The van der Waals surface area contributed by atoms with E-state index < -0.39 is 0 Å². The van der Waals surface area contributed by atoms with Gasteiger partial charge in [-0.25, -0.2) is 0 Å². The molecule has 1 fully saturated rings. The van der Waals surface area contributed by atoms with Crippen LogP contribution in [0.25, 0.3) is 0 Å². The first-order valence-electron chi connectivity index (χ1n) is 6.47. The molecule has 0 radical (unpaired) electrons. The summed E-state index contributed by atoms with van der Waals surface area (Å²) in [5.41, 5.74) is 5.74. The second kappa shape index (κ2) is 11.1. The maximum Gasteiger partial charge on any atom is 0.188 e. The van der Waals surface area contributed by atoms with Crippen molar-refractivity contribution in [2.45, 2.75) is 44.9 Å². The third-order valence-corrected chi connectivity index (χ3v) is 3.14. The maximum absolute atomic E-state index is 8.61. The molecular weight excluding hydrogens is 329 g/mol. The highest BCUT2D eigenvalue weighted by atomic mass is 127. The lowest BCUT2D eigenvalue weighted by Gasteiger charge is -2.23. The predicted octanol–water partition coefficient (Wildman–Crippen LogP) is 1.86. The van der Waals surface area contributed by atoms with Gasteiger partial charge in [0.25, 0.3) is 0 Å². The number of unbranched alkanes of at least 4 members (excludes halogenated alkanes) is 3. The summed E-state index contributed by atoms with van der Waals surface area (Å²) in [7, 11) is 0. The van der Waals surface area contributed by atoms with Crippen LogP contribution in [-0.4, -0.2) is 30.8 Å². The number of aliphatic imine (C=N–C) groups is 1. The Morgan fingerprint density at radius 2 is 1.94 bits per heavy atom. The largest absolute Gasteiger partial charge is 0.396 e. The van der Waals surface area contributed by atoms with Crippen LogP contribution in [0.15, 0.2) is 4.99 Å². The number of guanidine groups is 1. The van der Waals surface area contributed by atoms with Gasteiger partial charge in [-0.3, -0.25) is 4.99 Å². The third kappa shape index (κ3) is 8.65. The molecule has 1 saturated carbocycles. The zero-order valence-electron chi connectivity index (χ0n) is 10.5. The number of aliphatic hydroxyl groups is 1. The molecular formula is C12H26IN3O. The SMILES string of the molecule is I.NC(=NCC1CCC1)NCCCCCCO. The van der Waals surface area contributed by atoms with E-state index in [1.165, 1.54) is 19.3 Å². The molecule has 0 atom stereocenters. The Bertz CT molecular complexity index is 208. The topological polar surface area (TPSA) is 70.6 Å². The van der Waals surface area contributed by atoms with E-state index in [1.807, 2.05) is 0 Å². The molecule has 102 valence electrons. The van der Waals surface area contributed by atoms with Gasteiger partial charge in [0.15, 0.2) is 5.96 Å². The van der Waals surface area contributed by atoms with Crippen LogP contribution in [0.3, 0.4) is 0 Å². The van der Waals surface area contributed by atoms with E-state index in [2.05, 4.69) is 10.3 Å². The third-order valence-electron chi connectivity index (χ3n) is 3.14. The van der Waals surface area contributed by atoms with E-state index in [1.54, 1.807) is 0 Å². The van der Waals surface area contributed by atoms with Crippen LogP contribution in [0.2, 0.25) is 0 Å². The summed E-state index contributed by atoms with van der Waals surface area (Å²) in [5.74, 6) is 1.37. The molecule has 0 heterocycles. The van der Waals surface area contributed by atoms with Gasteiger partial charge >= 0.3 is 0 Å². The van der Waals surface area contributed by atoms with Gasteiger partial charge in [0, 0.05) is 19.7 Å². The van der Waals surface area contributed by atoms with Crippen LogP contribution < -0.4 is 11.1 Å². The van der Waals surface area contributed by atoms with Gasteiger partial charge in [-0.1, -0.05) is 19.3 Å². The molecule has 17 heavy (non-hydrogen) atoms. The minimum absolute atomic E-state index is 0. The predicted molar refractivity (Wildman–Crippen MR) is 82.8 cm³/mol. The van der Waals surface area contributed by atoms with Crippen LogP contribution >= 0.6 is 24.0 Å². The summed E-state index contributed by atoms with van der Waals surface area (Å²) in [4.78, 5) is 4.32. The molecule has 1 rings (SSSR count). The quantitative estimate of drug-likeness (QED) is 0.269. The molecule has 1 aliphatic carbocycles. The zero-order chi connectivity index (χ0) is 11.6. The molecule has 4 nitrogen and oxygen atoms in total. The monoisotopic (exact) mass is 355 g/mol. The smallest absolute Gasteiger partial charge is 0.188 e. The number of hydrogen-bond acceptors (Lipinski definition) is 2. The van der Waals surface area contributed by atoms with Gasteiger partial charge < -0.3 is 16.2 Å². The number of nitrogens with two attached hydrogens (primary N) is 1. The second-order valence-corrected chi connectivity index (χ2v) is 4.59. The summed E-state index contributed by atoms with van der Waals surface area (Å²) in [6.07, 6.45) is 8.24. The summed E-state index contributed by atoms with van der Waals surface area (Å²) in [6, 6.07) is 0. The van der Waals surface area contributed by atoms with Gasteiger partial charge in [-0.15, -0.1) is 24.0 Å². The standard InChI is InChI=1S/C12H25N3O.HI/c13-12(15-10-11-6-5-7-11)14-8-3-1-2-4-9-16;/h11,16H,1-10H2,(H3,13,14,15);1H. The van der Waals surface area contributed by atoms with Crippen molar-refractivity contribution in [3.05, 3.63) is 0 Å². The Labute approximate surface area is 121 Å². The number of aliphatic hydroxyl groups excluding tert-OH is 1. The minimum Gasteiger partial charge on any atom is -0.396 e. The van der Waals surface area contributed by atoms with E-state index in [0.29, 0.717) is 12.6 Å². The first-order chi connectivity index (χ1) is 7.83. The lowest BCUT2D eigenvalue weighted by Crippen LogP contribution is -2.33. The summed E-state index contributed by atoms with van der Waals surface area (Å²) in [5, 5.41) is 11.7. The summed E-state index contributed by atoms with van der Waals surface area (Å²) in [6.45, 7) is 2.09. The second-order valence-electron chi connectivity index (χ2n) is 4.59. The van der Waals surface area contributed by atoms with Crippen molar-refractivity contribution in [3.63, 3.8) is 0 Å². The van der Waals surface area contributed by atoms with Gasteiger partial charge in [0.2, 0.25) is 0 Å². The fraction of sp³-hybridized carbons (Fsp3) is 0.917. The molecule has 0 aromatic carbocycles. The first-order valence-corrected chi connectivity index (χ1v) is 6.47. The molecule has 0 amide bonds. The van der Waals surface area contributed by atoms with Crippen LogP contribution in [0.1, 0.15) is 44.9 Å². The molecule has 0 spiro atoms. The average Bonchev–Trinajstić information content (AvgIpc) is 2.21. The number of nitrogens with zero attached hydrogens (tertiary/aromatic N) is 1. The van der Waals surface area contributed by atoms with Crippen molar-refractivity contribution in [2.75, 3.05) is 19.7 Å². The van der Waals surface area contributed by atoms with E-state index in [4.69, 9.17) is 10.8 Å². The average molecular weight is 355 g/mol. The molecule has 0 unspecified atom stereocenters. The van der Waals surface area contributed by atoms with Crippen molar-refractivity contribution >= 4 is 29.9 Å². The van der Waals surface area contributed by atoms with Crippen LogP contribution in [0.5, 0.6) is 0 Å². The van der Waals surface area contributed by atoms with Crippen LogP contribution in [0, 0.1) is 5.92 Å². The first kappa shape index (κ1) is 17.0. The fourth-order valence-electron chi connectivity index (χ4n) is 1.77. The molecule has 1 aliphatic rings. The Kier molecular flexibility index (Phi) is 11.0. The minimum atomic E-state index is 0. The zero-order valence-corrected chi connectivity index (χ0v) is 12.9. The molecule has 0 aliphatic heterocycles. The lowest BCUT2D eigenvalue weighted by atomic mass is 9.86. The van der Waals surface area contributed by atoms with Crippen molar-refractivity contribution in [2.24, 2.45) is 16.6 Å². The molecule has 4 N–H and O–H groups in total. The van der Waals surface area contributed by atoms with Gasteiger partial charge in [-0.05, 0) is 31.6 Å². The Morgan fingerprint density at radius 1 is 1.24 bits per heavy atom. The highest BCUT2D eigenvalue weighted by molar-refractivity contribution is 14.0. The van der Waals surface area contributed by atoms with E-state index in [-0.39, 0.29) is 24.0 Å². The van der Waals surface area contributed by atoms with Gasteiger partial charge in [0.1, 0.15) is 0 Å². The van der Waals surface area contributed by atoms with E-state index in [9.17, 15) is 0 Å². The molecule has 0 saturated heterocycles. The summed E-state index contributed by atoms with van der Waals surface area (Å²) < 4.78 is 0. The maximum atomic E-state index is 8.61. The van der Waals surface area contributed by atoms with Crippen molar-refractivity contribution in [1.29, 1.82) is 0 Å². The van der Waals surface area contributed by atoms with E-state index >= 15 is 0 Å². The molecule has 0 aromatic rings. The highest BCUT2D eigenvalue weighted by Crippen LogP contribution is 2.26. The highest BCUT2D eigenvalue weighted by Gasteiger charge is 2.16. The molecule has 0 bridgehead atoms. The van der Waals surface area contributed by atoms with Crippen LogP contribution in [0.4, 0.5) is 0 Å².